The summed E-state index contributed by atoms with van der Waals surface area (Å²) in [5.74, 6) is 1.13. The van der Waals surface area contributed by atoms with Crippen LogP contribution in [-0.4, -0.2) is 18.0 Å². The van der Waals surface area contributed by atoms with Gasteiger partial charge in [0, 0.05) is 44.9 Å². The van der Waals surface area contributed by atoms with E-state index in [0.29, 0.717) is 0 Å². The van der Waals surface area contributed by atoms with Gasteiger partial charge < -0.3 is 14.4 Å². The Bertz CT molecular complexity index is 3310. The summed E-state index contributed by atoms with van der Waals surface area (Å²) in [4.78, 5) is 5.55. The maximum atomic E-state index is 7.58. The number of para-hydroxylation sites is 2. The Balaban J connectivity index is 1.25. The first-order valence-corrected chi connectivity index (χ1v) is 24.3. The van der Waals surface area contributed by atoms with E-state index >= 15 is 0 Å². The highest BCUT2D eigenvalue weighted by Gasteiger charge is 2.68. The molecule has 0 saturated carbocycles. The Morgan fingerprint density at radius 3 is 2.15 bits per heavy atom. The van der Waals surface area contributed by atoms with Gasteiger partial charge in [-0.1, -0.05) is 142 Å². The van der Waals surface area contributed by atoms with E-state index in [-0.39, 0.29) is 12.8 Å². The molecule has 66 heavy (non-hydrogen) atoms. The van der Waals surface area contributed by atoms with Crippen molar-refractivity contribution in [2.45, 2.75) is 84.3 Å². The molecule has 6 aliphatic rings. The molecule has 2 aliphatic carbocycles. The van der Waals surface area contributed by atoms with E-state index in [9.17, 15) is 0 Å². The molecule has 4 atom stereocenters. The number of ether oxygens (including phenoxy) is 1. The minimum atomic E-state index is -0.702. The molecule has 0 spiro atoms. The molecule has 4 heterocycles. The molecule has 0 saturated heterocycles. The van der Waals surface area contributed by atoms with E-state index in [1.807, 2.05) is 0 Å². The molecule has 0 N–H and O–H groups in total. The summed E-state index contributed by atoms with van der Waals surface area (Å²) < 4.78 is 7.58. The number of fused-ring (bicyclic) bond motifs is 11. The zero-order chi connectivity index (χ0) is 44.9. The van der Waals surface area contributed by atoms with E-state index in [2.05, 4.69) is 222 Å². The van der Waals surface area contributed by atoms with Gasteiger partial charge in [0.25, 0.3) is 0 Å². The van der Waals surface area contributed by atoms with Crippen molar-refractivity contribution in [2.24, 2.45) is 5.92 Å². The van der Waals surface area contributed by atoms with Crippen molar-refractivity contribution in [3.63, 3.8) is 0 Å². The first-order chi connectivity index (χ1) is 32.1. The monoisotopic (exact) mass is 854 g/mol. The molecule has 0 aromatic heterocycles. The molecule has 4 heteroatoms. The molecular weight excluding hydrogens is 800 g/mol. The van der Waals surface area contributed by atoms with Crippen LogP contribution in [0.4, 0.5) is 22.7 Å². The number of rotatable bonds is 6. The molecule has 4 aliphatic heterocycles. The van der Waals surface area contributed by atoms with Gasteiger partial charge in [-0.15, -0.1) is 0 Å². The molecular formula is C62H55BN2O. The normalized spacial score (nSPS) is 23.4. The Hall–Kier alpha value is -6.78. The highest BCUT2D eigenvalue weighted by Crippen LogP contribution is 2.70. The summed E-state index contributed by atoms with van der Waals surface area (Å²) >= 11 is 0. The SMILES string of the molecule is CCCCc1ccc2c(c1)C1(C)C=CC(C)C3=C1C1(C)C(=C4c5ccccc5OC43C)B3c4c(cc(-c5c(C)cccc5C)cc4N21)-c1ccc(-c2ccccc2)cc1N3c1ccccc1. The fourth-order valence-electron chi connectivity index (χ4n) is 13.9. The average Bonchev–Trinajstić information content (AvgIpc) is 3.64. The van der Waals surface area contributed by atoms with E-state index < -0.39 is 16.6 Å². The zero-order valence-corrected chi connectivity index (χ0v) is 39.2. The van der Waals surface area contributed by atoms with E-state index in [1.54, 1.807) is 0 Å². The van der Waals surface area contributed by atoms with E-state index in [0.717, 1.165) is 12.2 Å². The van der Waals surface area contributed by atoms with Gasteiger partial charge in [-0.2, -0.15) is 0 Å². The smallest absolute Gasteiger partial charge is 0.329 e. The number of hydrogen-bond donors (Lipinski definition) is 0. The Morgan fingerprint density at radius 1 is 0.652 bits per heavy atom. The highest BCUT2D eigenvalue weighted by molar-refractivity contribution is 6.89. The minimum Gasteiger partial charge on any atom is -0.478 e. The van der Waals surface area contributed by atoms with Crippen LogP contribution in [0, 0.1) is 19.8 Å². The zero-order valence-electron chi connectivity index (χ0n) is 39.2. The van der Waals surface area contributed by atoms with Gasteiger partial charge in [-0.05, 0) is 168 Å². The first-order valence-electron chi connectivity index (χ1n) is 24.3. The van der Waals surface area contributed by atoms with Crippen molar-refractivity contribution < 1.29 is 4.74 Å². The van der Waals surface area contributed by atoms with Crippen LogP contribution in [0.25, 0.3) is 39.0 Å². The van der Waals surface area contributed by atoms with Crippen molar-refractivity contribution in [1.82, 2.24) is 0 Å². The molecule has 0 amide bonds. The number of nitrogens with zero attached hydrogens (tertiary/aromatic N) is 2. The lowest BCUT2D eigenvalue weighted by atomic mass is 9.33. The van der Waals surface area contributed by atoms with Gasteiger partial charge in [0.2, 0.25) is 0 Å². The number of aryl methyl sites for hydroxylation is 3. The maximum absolute atomic E-state index is 7.58. The Labute approximate surface area is 390 Å². The summed E-state index contributed by atoms with van der Waals surface area (Å²) in [6.45, 7) is 16.6. The van der Waals surface area contributed by atoms with Gasteiger partial charge in [0.15, 0.2) is 5.60 Å². The average molecular weight is 855 g/mol. The molecule has 7 aromatic rings. The maximum Gasteiger partial charge on any atom is 0.329 e. The fraction of sp³-hybridized carbons (Fsp3) is 0.226. The summed E-state index contributed by atoms with van der Waals surface area (Å²) in [5, 5.41) is 0. The molecule has 7 aromatic carbocycles. The fourth-order valence-corrected chi connectivity index (χ4v) is 13.9. The van der Waals surface area contributed by atoms with Gasteiger partial charge in [0.1, 0.15) is 5.75 Å². The summed E-state index contributed by atoms with van der Waals surface area (Å²) in [6.07, 6.45) is 8.48. The summed E-state index contributed by atoms with van der Waals surface area (Å²) in [5.41, 5.74) is 24.4. The van der Waals surface area contributed by atoms with Crippen molar-refractivity contribution in [3.8, 4) is 39.1 Å². The molecule has 13 rings (SSSR count). The highest BCUT2D eigenvalue weighted by atomic mass is 16.5. The third-order valence-corrected chi connectivity index (χ3v) is 16.5. The lowest BCUT2D eigenvalue weighted by molar-refractivity contribution is 0.185. The molecule has 4 unspecified atom stereocenters. The minimum absolute atomic E-state index is 0.163. The summed E-state index contributed by atoms with van der Waals surface area (Å²) in [6, 6.07) is 57.6. The van der Waals surface area contributed by atoms with Crippen LogP contribution in [0.1, 0.15) is 75.3 Å². The first kappa shape index (κ1) is 39.6. The summed E-state index contributed by atoms with van der Waals surface area (Å²) in [7, 11) is 0. The second-order valence-corrected chi connectivity index (χ2v) is 20.4. The van der Waals surface area contributed by atoms with Crippen LogP contribution in [0.3, 0.4) is 0 Å². The predicted octanol–water partition coefficient (Wildman–Crippen LogP) is 14.8. The molecule has 0 fully saturated rings. The van der Waals surface area contributed by atoms with Crippen molar-refractivity contribution in [2.75, 3.05) is 9.71 Å². The molecule has 322 valence electrons. The third-order valence-electron chi connectivity index (χ3n) is 16.5. The van der Waals surface area contributed by atoms with E-state index in [4.69, 9.17) is 4.74 Å². The topological polar surface area (TPSA) is 15.7 Å². The lowest BCUT2D eigenvalue weighted by Gasteiger charge is -2.65. The Morgan fingerprint density at radius 2 is 1.38 bits per heavy atom. The number of anilines is 4. The van der Waals surface area contributed by atoms with Crippen molar-refractivity contribution in [1.29, 1.82) is 0 Å². The third kappa shape index (κ3) is 5.05. The van der Waals surface area contributed by atoms with Crippen LogP contribution in [0.15, 0.2) is 180 Å². The van der Waals surface area contributed by atoms with Crippen molar-refractivity contribution in [3.05, 3.63) is 208 Å². The lowest BCUT2D eigenvalue weighted by Crippen LogP contribution is -2.71. The molecule has 0 bridgehead atoms. The number of hydrogen-bond acceptors (Lipinski definition) is 3. The number of unbranched alkanes of at least 4 members (excludes halogenated alkanes) is 1. The van der Waals surface area contributed by atoms with Gasteiger partial charge in [-0.25, -0.2) is 0 Å². The Kier molecular flexibility index (Phi) is 8.32. The number of allylic oxidation sites excluding steroid dienone is 2. The second kappa shape index (κ2) is 13.9. The second-order valence-electron chi connectivity index (χ2n) is 20.4. The molecule has 0 radical (unpaired) electrons. The number of benzene rings is 7. The van der Waals surface area contributed by atoms with Crippen LogP contribution in [0.5, 0.6) is 5.75 Å². The van der Waals surface area contributed by atoms with E-state index in [1.165, 1.54) is 124 Å². The van der Waals surface area contributed by atoms with Crippen LogP contribution < -0.4 is 19.9 Å². The van der Waals surface area contributed by atoms with Crippen molar-refractivity contribution >= 4 is 40.6 Å². The quantitative estimate of drug-likeness (QED) is 0.122. The van der Waals surface area contributed by atoms with Gasteiger partial charge >= 0.3 is 6.85 Å². The standard InChI is InChI=1S/C62H55BN2O/c1-8-9-21-41-28-31-50-49(34-41)60(5)33-32-40(4)55-58(60)61(6)59(56-47-26-16-17-27-53(47)66-62(55,56)7)63-57-48(35-44(37-52(57)64(50)61)54-38(2)19-18-20-39(54)3)46-30-29-43(42-22-12-10-13-23-42)36-51(46)65(63)45-24-14-11-15-25-45/h10-20,22-37,40H,8-9,21H2,1-7H3. The largest absolute Gasteiger partial charge is 0.478 e. The van der Waals surface area contributed by atoms with Crippen LogP contribution in [0.2, 0.25) is 0 Å². The predicted molar refractivity (Wildman–Crippen MR) is 277 cm³/mol. The van der Waals surface area contributed by atoms with Gasteiger partial charge in [-0.3, -0.25) is 0 Å². The van der Waals surface area contributed by atoms with Crippen LogP contribution >= 0.6 is 0 Å². The van der Waals surface area contributed by atoms with Gasteiger partial charge in [0.05, 0.1) is 5.54 Å². The van der Waals surface area contributed by atoms with Crippen LogP contribution in [-0.2, 0) is 11.8 Å². The molecule has 3 nitrogen and oxygen atoms in total.